The molecule has 0 saturated heterocycles. The molecule has 0 radical (unpaired) electrons. The molecule has 0 unspecified atom stereocenters. The van der Waals surface area contributed by atoms with Gasteiger partial charge in [0.1, 0.15) is 10.7 Å². The number of carboxylic acids is 1. The summed E-state index contributed by atoms with van der Waals surface area (Å²) in [5, 5.41) is 19.3. The average molecular weight is 370 g/mol. The van der Waals surface area contributed by atoms with Crippen molar-refractivity contribution in [3.8, 4) is 5.75 Å². The Balaban J connectivity index is 2.13. The molecule has 1 aromatic heterocycles. The fraction of sp³-hybridized carbons (Fsp3) is 0.211. The van der Waals surface area contributed by atoms with Crippen LogP contribution in [0.3, 0.4) is 0 Å². The molecule has 0 aliphatic heterocycles. The SMILES string of the molecule is Cc1nnc(S/C(=C\c2c(OC(C)C)ccc3ccccc23)C(=O)O)o1. The monoisotopic (exact) mass is 370 g/mol. The molecule has 7 heteroatoms. The number of aromatic nitrogens is 2. The van der Waals surface area contributed by atoms with E-state index in [2.05, 4.69) is 10.2 Å². The highest BCUT2D eigenvalue weighted by Crippen LogP contribution is 2.34. The van der Waals surface area contributed by atoms with Crippen molar-refractivity contribution in [2.45, 2.75) is 32.1 Å². The molecular weight excluding hydrogens is 352 g/mol. The van der Waals surface area contributed by atoms with Crippen molar-refractivity contribution >= 4 is 34.6 Å². The maximum Gasteiger partial charge on any atom is 0.342 e. The van der Waals surface area contributed by atoms with Crippen LogP contribution in [0.2, 0.25) is 0 Å². The minimum atomic E-state index is -1.07. The Hall–Kier alpha value is -2.80. The quantitative estimate of drug-likeness (QED) is 0.504. The van der Waals surface area contributed by atoms with E-state index in [-0.39, 0.29) is 16.2 Å². The van der Waals surface area contributed by atoms with Gasteiger partial charge in [-0.25, -0.2) is 4.79 Å². The largest absolute Gasteiger partial charge is 0.490 e. The van der Waals surface area contributed by atoms with Gasteiger partial charge in [0, 0.05) is 12.5 Å². The Morgan fingerprint density at radius 3 is 2.65 bits per heavy atom. The number of fused-ring (bicyclic) bond motifs is 1. The smallest absolute Gasteiger partial charge is 0.342 e. The lowest BCUT2D eigenvalue weighted by atomic mass is 10.0. The van der Waals surface area contributed by atoms with Crippen molar-refractivity contribution in [1.29, 1.82) is 0 Å². The fourth-order valence-electron chi connectivity index (χ4n) is 2.46. The molecule has 3 aromatic rings. The number of nitrogens with zero attached hydrogens (tertiary/aromatic N) is 2. The van der Waals surface area contributed by atoms with Crippen molar-refractivity contribution in [3.63, 3.8) is 0 Å². The van der Waals surface area contributed by atoms with E-state index in [1.54, 1.807) is 13.0 Å². The first kappa shape index (κ1) is 18.0. The second-order valence-electron chi connectivity index (χ2n) is 5.87. The van der Waals surface area contributed by atoms with Crippen molar-refractivity contribution in [2.75, 3.05) is 0 Å². The second kappa shape index (κ2) is 7.61. The van der Waals surface area contributed by atoms with Gasteiger partial charge in [0.2, 0.25) is 5.89 Å². The molecule has 0 aliphatic rings. The molecule has 2 aromatic carbocycles. The van der Waals surface area contributed by atoms with Crippen LogP contribution in [-0.2, 0) is 4.79 Å². The lowest BCUT2D eigenvalue weighted by Gasteiger charge is -2.15. The summed E-state index contributed by atoms with van der Waals surface area (Å²) in [7, 11) is 0. The predicted octanol–water partition coefficient (Wildman–Crippen LogP) is 4.54. The van der Waals surface area contributed by atoms with E-state index in [0.717, 1.165) is 22.5 Å². The Morgan fingerprint density at radius 1 is 1.23 bits per heavy atom. The standard InChI is InChI=1S/C19H18N2O4S/c1-11(2)24-16-9-8-13-6-4-5-7-14(13)15(16)10-17(18(22)23)26-19-21-20-12(3)25-19/h4-11H,1-3H3,(H,22,23)/b17-10-. The minimum absolute atomic E-state index is 0.0390. The number of benzene rings is 2. The van der Waals surface area contributed by atoms with Gasteiger partial charge in [0.25, 0.3) is 5.22 Å². The van der Waals surface area contributed by atoms with E-state index >= 15 is 0 Å². The molecular formula is C19H18N2O4S. The fourth-order valence-corrected chi connectivity index (χ4v) is 3.16. The molecule has 0 amide bonds. The Morgan fingerprint density at radius 2 is 2.00 bits per heavy atom. The molecule has 1 heterocycles. The molecule has 0 aliphatic carbocycles. The number of aryl methyl sites for hydroxylation is 1. The summed E-state index contributed by atoms with van der Waals surface area (Å²) in [6.45, 7) is 5.51. The number of carbonyl (C=O) groups is 1. The highest BCUT2D eigenvalue weighted by atomic mass is 32.2. The summed E-state index contributed by atoms with van der Waals surface area (Å²) in [6.07, 6.45) is 1.55. The van der Waals surface area contributed by atoms with Crippen LogP contribution in [0.15, 0.2) is 50.9 Å². The van der Waals surface area contributed by atoms with E-state index in [4.69, 9.17) is 9.15 Å². The first-order valence-corrected chi connectivity index (χ1v) is 8.87. The summed E-state index contributed by atoms with van der Waals surface area (Å²) < 4.78 is 11.2. The molecule has 3 rings (SSSR count). The van der Waals surface area contributed by atoms with Crippen LogP contribution in [-0.4, -0.2) is 27.4 Å². The van der Waals surface area contributed by atoms with Gasteiger partial charge in [-0.05, 0) is 48.5 Å². The van der Waals surface area contributed by atoms with Crippen LogP contribution in [0.4, 0.5) is 0 Å². The average Bonchev–Trinajstić information content (AvgIpc) is 3.00. The zero-order valence-corrected chi connectivity index (χ0v) is 15.4. The van der Waals surface area contributed by atoms with Gasteiger partial charge in [0.15, 0.2) is 0 Å². The number of thioether (sulfide) groups is 1. The second-order valence-corrected chi connectivity index (χ2v) is 6.86. The topological polar surface area (TPSA) is 85.5 Å². The number of rotatable bonds is 6. The Kier molecular flexibility index (Phi) is 5.27. The summed E-state index contributed by atoms with van der Waals surface area (Å²) in [4.78, 5) is 11.8. The van der Waals surface area contributed by atoms with Crippen molar-refractivity contribution in [3.05, 3.63) is 52.8 Å². The first-order valence-electron chi connectivity index (χ1n) is 8.05. The molecule has 0 atom stereocenters. The van der Waals surface area contributed by atoms with E-state index in [9.17, 15) is 9.90 Å². The van der Waals surface area contributed by atoms with Gasteiger partial charge < -0.3 is 14.3 Å². The lowest BCUT2D eigenvalue weighted by molar-refractivity contribution is -0.131. The zero-order valence-electron chi connectivity index (χ0n) is 14.6. The highest BCUT2D eigenvalue weighted by Gasteiger charge is 2.17. The van der Waals surface area contributed by atoms with E-state index in [1.807, 2.05) is 50.2 Å². The zero-order chi connectivity index (χ0) is 18.7. The molecule has 6 nitrogen and oxygen atoms in total. The number of aliphatic carboxylic acids is 1. The van der Waals surface area contributed by atoms with Crippen molar-refractivity contribution in [1.82, 2.24) is 10.2 Å². The highest BCUT2D eigenvalue weighted by molar-refractivity contribution is 8.03. The normalized spacial score (nSPS) is 11.9. The lowest BCUT2D eigenvalue weighted by Crippen LogP contribution is -2.07. The summed E-state index contributed by atoms with van der Waals surface area (Å²) in [6, 6.07) is 11.6. The van der Waals surface area contributed by atoms with E-state index in [0.29, 0.717) is 17.2 Å². The van der Waals surface area contributed by atoms with Crippen LogP contribution in [0.1, 0.15) is 25.3 Å². The third kappa shape index (κ3) is 4.05. The third-order valence-electron chi connectivity index (χ3n) is 3.48. The van der Waals surface area contributed by atoms with Gasteiger partial charge in [-0.1, -0.05) is 30.3 Å². The molecule has 0 spiro atoms. The third-order valence-corrected chi connectivity index (χ3v) is 4.34. The summed E-state index contributed by atoms with van der Waals surface area (Å²) in [5.41, 5.74) is 0.706. The summed E-state index contributed by atoms with van der Waals surface area (Å²) in [5.74, 6) is -0.0692. The molecule has 0 fully saturated rings. The molecule has 1 N–H and O–H groups in total. The first-order chi connectivity index (χ1) is 12.4. The number of hydrogen-bond donors (Lipinski definition) is 1. The van der Waals surface area contributed by atoms with Crippen LogP contribution in [0.5, 0.6) is 5.75 Å². The van der Waals surface area contributed by atoms with Gasteiger partial charge in [0.05, 0.1) is 6.10 Å². The van der Waals surface area contributed by atoms with E-state index < -0.39 is 5.97 Å². The Labute approximate surface area is 154 Å². The van der Waals surface area contributed by atoms with Gasteiger partial charge in [-0.2, -0.15) is 0 Å². The van der Waals surface area contributed by atoms with Crippen molar-refractivity contribution in [2.24, 2.45) is 0 Å². The molecule has 0 bridgehead atoms. The predicted molar refractivity (Wildman–Crippen MR) is 100 cm³/mol. The van der Waals surface area contributed by atoms with Crippen LogP contribution >= 0.6 is 11.8 Å². The molecule has 0 saturated carbocycles. The number of hydrogen-bond acceptors (Lipinski definition) is 6. The van der Waals surface area contributed by atoms with E-state index in [1.165, 1.54) is 0 Å². The van der Waals surface area contributed by atoms with Crippen molar-refractivity contribution < 1.29 is 19.1 Å². The van der Waals surface area contributed by atoms with Crippen LogP contribution < -0.4 is 4.74 Å². The molecule has 26 heavy (non-hydrogen) atoms. The maximum atomic E-state index is 11.8. The van der Waals surface area contributed by atoms with Crippen LogP contribution in [0.25, 0.3) is 16.8 Å². The number of carboxylic acid groups (broad SMARTS) is 1. The van der Waals surface area contributed by atoms with Gasteiger partial charge in [-0.3, -0.25) is 0 Å². The van der Waals surface area contributed by atoms with Gasteiger partial charge >= 0.3 is 5.97 Å². The molecule has 134 valence electrons. The van der Waals surface area contributed by atoms with Crippen LogP contribution in [0, 0.1) is 6.92 Å². The maximum absolute atomic E-state index is 11.8. The van der Waals surface area contributed by atoms with Gasteiger partial charge in [-0.15, -0.1) is 10.2 Å². The summed E-state index contributed by atoms with van der Waals surface area (Å²) >= 11 is 0.914. The number of ether oxygens (including phenoxy) is 1. The Bertz CT molecular complexity index is 979. The minimum Gasteiger partial charge on any atom is -0.490 e.